The van der Waals surface area contributed by atoms with Crippen LogP contribution in [0, 0.1) is 5.92 Å². The monoisotopic (exact) mass is 368 g/mol. The van der Waals surface area contributed by atoms with E-state index in [1.165, 1.54) is 0 Å². The number of aromatic nitrogens is 2. The van der Waals surface area contributed by atoms with Crippen molar-refractivity contribution in [3.8, 4) is 5.69 Å². The summed E-state index contributed by atoms with van der Waals surface area (Å²) in [5, 5.41) is 11.3. The van der Waals surface area contributed by atoms with Gasteiger partial charge in [0.25, 0.3) is 5.91 Å². The zero-order chi connectivity index (χ0) is 16.4. The second-order valence-corrected chi connectivity index (χ2v) is 6.66. The van der Waals surface area contributed by atoms with E-state index in [0.29, 0.717) is 23.0 Å². The van der Waals surface area contributed by atoms with E-state index in [9.17, 15) is 4.79 Å². The zero-order valence-corrected chi connectivity index (χ0v) is 15.3. The van der Waals surface area contributed by atoms with Gasteiger partial charge in [0.2, 0.25) is 0 Å². The number of benzene rings is 1. The number of carbonyl (C=O) groups is 1. The molecule has 1 amide bonds. The predicted molar refractivity (Wildman–Crippen MR) is 98.6 cm³/mol. The smallest absolute Gasteiger partial charge is 0.254 e. The van der Waals surface area contributed by atoms with Crippen LogP contribution in [0.2, 0.25) is 5.02 Å². The molecule has 0 unspecified atom stereocenters. The molecule has 7 heteroatoms. The maximum absolute atomic E-state index is 12.5. The Morgan fingerprint density at radius 2 is 2.04 bits per heavy atom. The summed E-state index contributed by atoms with van der Waals surface area (Å²) in [7, 11) is 0. The van der Waals surface area contributed by atoms with Gasteiger partial charge in [-0.1, -0.05) is 25.4 Å². The summed E-state index contributed by atoms with van der Waals surface area (Å²) in [6.07, 6.45) is 1.65. The van der Waals surface area contributed by atoms with Gasteiger partial charge < -0.3 is 10.6 Å². The highest BCUT2D eigenvalue weighted by molar-refractivity contribution is 6.30. The first kappa shape index (κ1) is 18.8. The lowest BCUT2D eigenvalue weighted by Gasteiger charge is -2.27. The molecule has 2 N–H and O–H groups in total. The molecule has 1 aliphatic rings. The van der Waals surface area contributed by atoms with Crippen molar-refractivity contribution in [2.45, 2.75) is 19.8 Å². The van der Waals surface area contributed by atoms with Crippen LogP contribution < -0.4 is 10.6 Å². The van der Waals surface area contributed by atoms with Crippen LogP contribution >= 0.6 is 24.0 Å². The Balaban J connectivity index is 0.00000208. The summed E-state index contributed by atoms with van der Waals surface area (Å²) in [5.74, 6) is 0.660. The molecule has 0 bridgehead atoms. The summed E-state index contributed by atoms with van der Waals surface area (Å²) in [6.45, 7) is 6.78. The Morgan fingerprint density at radius 1 is 1.38 bits per heavy atom. The third-order valence-electron chi connectivity index (χ3n) is 4.09. The molecule has 24 heavy (non-hydrogen) atoms. The summed E-state index contributed by atoms with van der Waals surface area (Å²) in [4.78, 5) is 12.5. The van der Waals surface area contributed by atoms with E-state index in [1.807, 2.05) is 28.9 Å². The van der Waals surface area contributed by atoms with Crippen LogP contribution in [-0.2, 0) is 0 Å². The molecular weight excluding hydrogens is 347 g/mol. The Hall–Kier alpha value is -1.56. The standard InChI is InChI=1S/C17H21ClN4O.ClH/c1-11(2)16-15(17(23)20-9-12-7-19-8-12)10-21-22(16)14-5-3-13(18)4-6-14;/h3-6,10-12,19H,7-9H2,1-2H3,(H,20,23);1H. The first-order valence-corrected chi connectivity index (χ1v) is 8.27. The molecule has 0 radical (unpaired) electrons. The number of nitrogens with zero attached hydrogens (tertiary/aromatic N) is 2. The van der Waals surface area contributed by atoms with Gasteiger partial charge in [0.15, 0.2) is 0 Å². The average Bonchev–Trinajstić information content (AvgIpc) is 2.91. The van der Waals surface area contributed by atoms with Crippen molar-refractivity contribution in [1.82, 2.24) is 20.4 Å². The molecule has 0 aliphatic carbocycles. The molecule has 2 heterocycles. The minimum absolute atomic E-state index is 0. The van der Waals surface area contributed by atoms with Gasteiger partial charge in [0.05, 0.1) is 23.1 Å². The quantitative estimate of drug-likeness (QED) is 0.852. The maximum Gasteiger partial charge on any atom is 0.254 e. The Labute approximate surface area is 153 Å². The topological polar surface area (TPSA) is 59.0 Å². The second kappa shape index (κ2) is 8.01. The highest BCUT2D eigenvalue weighted by Gasteiger charge is 2.23. The maximum atomic E-state index is 12.5. The fourth-order valence-corrected chi connectivity index (χ4v) is 2.83. The largest absolute Gasteiger partial charge is 0.352 e. The Kier molecular flexibility index (Phi) is 6.27. The molecule has 0 saturated carbocycles. The van der Waals surface area contributed by atoms with E-state index in [1.54, 1.807) is 6.20 Å². The van der Waals surface area contributed by atoms with Crippen molar-refractivity contribution < 1.29 is 4.79 Å². The van der Waals surface area contributed by atoms with E-state index in [4.69, 9.17) is 11.6 Å². The lowest BCUT2D eigenvalue weighted by Crippen LogP contribution is -2.48. The number of hydrogen-bond acceptors (Lipinski definition) is 3. The summed E-state index contributed by atoms with van der Waals surface area (Å²) in [5.41, 5.74) is 2.46. The summed E-state index contributed by atoms with van der Waals surface area (Å²) < 4.78 is 1.82. The van der Waals surface area contributed by atoms with Crippen LogP contribution in [0.3, 0.4) is 0 Å². The molecule has 1 saturated heterocycles. The van der Waals surface area contributed by atoms with Gasteiger partial charge in [-0.3, -0.25) is 4.79 Å². The predicted octanol–water partition coefficient (Wildman–Crippen LogP) is 3.02. The molecule has 3 rings (SSSR count). The molecule has 1 aromatic carbocycles. The summed E-state index contributed by atoms with van der Waals surface area (Å²) in [6, 6.07) is 7.46. The molecule has 130 valence electrons. The van der Waals surface area contributed by atoms with Crippen LogP contribution in [0.25, 0.3) is 5.69 Å². The van der Waals surface area contributed by atoms with Gasteiger partial charge in [0.1, 0.15) is 0 Å². The van der Waals surface area contributed by atoms with E-state index >= 15 is 0 Å². The number of halogens is 2. The minimum Gasteiger partial charge on any atom is -0.352 e. The van der Waals surface area contributed by atoms with Crippen molar-refractivity contribution in [3.05, 3.63) is 46.7 Å². The summed E-state index contributed by atoms with van der Waals surface area (Å²) >= 11 is 5.95. The molecule has 5 nitrogen and oxygen atoms in total. The average molecular weight is 369 g/mol. The van der Waals surface area contributed by atoms with E-state index in [0.717, 1.165) is 24.5 Å². The first-order valence-electron chi connectivity index (χ1n) is 7.89. The van der Waals surface area contributed by atoms with Crippen molar-refractivity contribution >= 4 is 29.9 Å². The fourth-order valence-electron chi connectivity index (χ4n) is 2.70. The van der Waals surface area contributed by atoms with Crippen LogP contribution in [-0.4, -0.2) is 35.3 Å². The van der Waals surface area contributed by atoms with Crippen LogP contribution in [0.5, 0.6) is 0 Å². The third-order valence-corrected chi connectivity index (χ3v) is 4.34. The van der Waals surface area contributed by atoms with Gasteiger partial charge >= 0.3 is 0 Å². The first-order chi connectivity index (χ1) is 11.1. The van der Waals surface area contributed by atoms with Crippen LogP contribution in [0.1, 0.15) is 35.8 Å². The Morgan fingerprint density at radius 3 is 2.58 bits per heavy atom. The van der Waals surface area contributed by atoms with E-state index < -0.39 is 0 Å². The van der Waals surface area contributed by atoms with Crippen LogP contribution in [0.15, 0.2) is 30.5 Å². The second-order valence-electron chi connectivity index (χ2n) is 6.22. The molecule has 1 aliphatic heterocycles. The number of amides is 1. The molecular formula is C17H22Cl2N4O. The normalized spacial score (nSPS) is 14.2. The molecule has 0 spiro atoms. The Bertz CT molecular complexity index is 693. The van der Waals surface area contributed by atoms with Crippen molar-refractivity contribution in [1.29, 1.82) is 0 Å². The van der Waals surface area contributed by atoms with Gasteiger partial charge in [-0.25, -0.2) is 4.68 Å². The lowest BCUT2D eigenvalue weighted by molar-refractivity contribution is 0.0941. The SMILES string of the molecule is CC(C)c1c(C(=O)NCC2CNC2)cnn1-c1ccc(Cl)cc1.Cl. The molecule has 2 aromatic rings. The number of nitrogens with one attached hydrogen (secondary N) is 2. The highest BCUT2D eigenvalue weighted by atomic mass is 35.5. The number of carbonyl (C=O) groups excluding carboxylic acids is 1. The third kappa shape index (κ3) is 3.91. The minimum atomic E-state index is -0.0548. The van der Waals surface area contributed by atoms with Crippen molar-refractivity contribution in [3.63, 3.8) is 0 Å². The van der Waals surface area contributed by atoms with Gasteiger partial charge in [-0.05, 0) is 30.2 Å². The van der Waals surface area contributed by atoms with Gasteiger partial charge in [-0.2, -0.15) is 5.10 Å². The number of rotatable bonds is 5. The van der Waals surface area contributed by atoms with Gasteiger partial charge in [0, 0.05) is 30.6 Å². The van der Waals surface area contributed by atoms with Crippen molar-refractivity contribution in [2.24, 2.45) is 5.92 Å². The lowest BCUT2D eigenvalue weighted by atomic mass is 10.0. The van der Waals surface area contributed by atoms with Gasteiger partial charge in [-0.15, -0.1) is 12.4 Å². The zero-order valence-electron chi connectivity index (χ0n) is 13.8. The highest BCUT2D eigenvalue weighted by Crippen LogP contribution is 2.24. The number of hydrogen-bond donors (Lipinski definition) is 2. The van der Waals surface area contributed by atoms with E-state index in [-0.39, 0.29) is 24.2 Å². The van der Waals surface area contributed by atoms with E-state index in [2.05, 4.69) is 29.6 Å². The van der Waals surface area contributed by atoms with Crippen LogP contribution in [0.4, 0.5) is 0 Å². The van der Waals surface area contributed by atoms with Crippen molar-refractivity contribution in [2.75, 3.05) is 19.6 Å². The fraction of sp³-hybridized carbons (Fsp3) is 0.412. The molecule has 1 aromatic heterocycles. The molecule has 0 atom stereocenters. The molecule has 1 fully saturated rings.